The average molecular weight is 166 g/mol. The van der Waals surface area contributed by atoms with Crippen LogP contribution >= 0.6 is 0 Å². The van der Waals surface area contributed by atoms with Crippen molar-refractivity contribution in [3.05, 3.63) is 11.3 Å². The van der Waals surface area contributed by atoms with E-state index in [0.717, 1.165) is 17.7 Å². The van der Waals surface area contributed by atoms with Gasteiger partial charge >= 0.3 is 0 Å². The second-order valence-electron chi connectivity index (χ2n) is 3.39. The Balaban J connectivity index is 2.29. The number of aromatic nitrogens is 1. The summed E-state index contributed by atoms with van der Waals surface area (Å²) in [5.41, 5.74) is 7.88. The van der Waals surface area contributed by atoms with E-state index in [2.05, 4.69) is 12.1 Å². The fourth-order valence-corrected chi connectivity index (χ4v) is 1.69. The first-order chi connectivity index (χ1) is 5.83. The van der Waals surface area contributed by atoms with Gasteiger partial charge in [0.05, 0.1) is 5.69 Å². The molecule has 0 saturated heterocycles. The third-order valence-electron chi connectivity index (χ3n) is 2.69. The second kappa shape index (κ2) is 2.81. The van der Waals surface area contributed by atoms with Crippen LogP contribution in [0, 0.1) is 0 Å². The molecule has 1 aromatic heterocycles. The highest BCUT2D eigenvalue weighted by molar-refractivity contribution is 5.40. The van der Waals surface area contributed by atoms with E-state index in [1.165, 1.54) is 19.3 Å². The third-order valence-corrected chi connectivity index (χ3v) is 2.69. The van der Waals surface area contributed by atoms with E-state index >= 15 is 0 Å². The first-order valence-corrected chi connectivity index (χ1v) is 4.56. The summed E-state index contributed by atoms with van der Waals surface area (Å²) in [7, 11) is 0. The van der Waals surface area contributed by atoms with Gasteiger partial charge in [-0.25, -0.2) is 0 Å². The molecule has 66 valence electrons. The third kappa shape index (κ3) is 1.00. The number of rotatable bonds is 2. The van der Waals surface area contributed by atoms with Crippen molar-refractivity contribution in [1.29, 1.82) is 0 Å². The van der Waals surface area contributed by atoms with E-state index in [4.69, 9.17) is 10.3 Å². The van der Waals surface area contributed by atoms with Crippen LogP contribution in [0.1, 0.15) is 43.4 Å². The molecule has 0 amide bonds. The molecule has 0 unspecified atom stereocenters. The lowest BCUT2D eigenvalue weighted by Crippen LogP contribution is -2.11. The minimum absolute atomic E-state index is 0.513. The number of nitrogens with zero attached hydrogens (tertiary/aromatic N) is 1. The zero-order valence-corrected chi connectivity index (χ0v) is 7.34. The molecule has 1 saturated carbocycles. The Labute approximate surface area is 71.9 Å². The number of anilines is 1. The van der Waals surface area contributed by atoms with Crippen molar-refractivity contribution in [3.63, 3.8) is 0 Å². The van der Waals surface area contributed by atoms with E-state index < -0.39 is 0 Å². The summed E-state index contributed by atoms with van der Waals surface area (Å²) in [6, 6.07) is 0. The summed E-state index contributed by atoms with van der Waals surface area (Å²) in [5, 5.41) is 4.01. The maximum Gasteiger partial charge on any atom is 0.225 e. The summed E-state index contributed by atoms with van der Waals surface area (Å²) in [6.45, 7) is 2.09. The highest BCUT2D eigenvalue weighted by Gasteiger charge is 2.26. The van der Waals surface area contributed by atoms with Crippen LogP contribution in [0.2, 0.25) is 0 Å². The van der Waals surface area contributed by atoms with Crippen LogP contribution in [-0.4, -0.2) is 5.16 Å². The molecule has 2 N–H and O–H groups in total. The summed E-state index contributed by atoms with van der Waals surface area (Å²) < 4.78 is 4.97. The van der Waals surface area contributed by atoms with Gasteiger partial charge in [0.1, 0.15) is 0 Å². The van der Waals surface area contributed by atoms with Crippen molar-refractivity contribution in [2.45, 2.75) is 38.5 Å². The molecule has 12 heavy (non-hydrogen) atoms. The van der Waals surface area contributed by atoms with E-state index in [1.54, 1.807) is 0 Å². The molecule has 0 spiro atoms. The molecule has 0 atom stereocenters. The quantitative estimate of drug-likeness (QED) is 0.731. The first-order valence-electron chi connectivity index (χ1n) is 4.56. The predicted octanol–water partition coefficient (Wildman–Crippen LogP) is 2.09. The van der Waals surface area contributed by atoms with Crippen LogP contribution in [0.25, 0.3) is 0 Å². The van der Waals surface area contributed by atoms with Crippen LogP contribution in [0.5, 0.6) is 0 Å². The molecule has 0 bridgehead atoms. The molecule has 0 aliphatic heterocycles. The molecule has 1 aromatic rings. The number of nitrogens with two attached hydrogens (primary N) is 1. The van der Waals surface area contributed by atoms with E-state index in [0.29, 0.717) is 11.8 Å². The molecule has 3 heteroatoms. The fourth-order valence-electron chi connectivity index (χ4n) is 1.69. The van der Waals surface area contributed by atoms with Gasteiger partial charge in [0.2, 0.25) is 5.88 Å². The highest BCUT2D eigenvalue weighted by atomic mass is 16.5. The standard InChI is InChI=1S/C9H14N2O/c1-2-7-8(6-4-3-5-6)11-12-9(7)10/h6H,2-5,10H2,1H3. The van der Waals surface area contributed by atoms with Gasteiger partial charge in [-0.3, -0.25) is 0 Å². The normalized spacial score (nSPS) is 17.8. The van der Waals surface area contributed by atoms with E-state index in [9.17, 15) is 0 Å². The molecule has 3 nitrogen and oxygen atoms in total. The largest absolute Gasteiger partial charge is 0.367 e. The molecule has 1 aliphatic carbocycles. The monoisotopic (exact) mass is 166 g/mol. The molecule has 0 radical (unpaired) electrons. The van der Waals surface area contributed by atoms with Crippen molar-refractivity contribution in [1.82, 2.24) is 5.16 Å². The van der Waals surface area contributed by atoms with Crippen molar-refractivity contribution in [2.75, 3.05) is 5.73 Å². The van der Waals surface area contributed by atoms with Crippen molar-refractivity contribution < 1.29 is 4.52 Å². The van der Waals surface area contributed by atoms with Crippen molar-refractivity contribution in [2.24, 2.45) is 0 Å². The highest BCUT2D eigenvalue weighted by Crippen LogP contribution is 2.38. The maximum absolute atomic E-state index is 5.64. The summed E-state index contributed by atoms with van der Waals surface area (Å²) >= 11 is 0. The van der Waals surface area contributed by atoms with Gasteiger partial charge in [-0.2, -0.15) is 0 Å². The fraction of sp³-hybridized carbons (Fsp3) is 0.667. The minimum Gasteiger partial charge on any atom is -0.367 e. The van der Waals surface area contributed by atoms with Gasteiger partial charge in [-0.05, 0) is 19.3 Å². The Bertz CT molecular complexity index is 276. The van der Waals surface area contributed by atoms with Crippen LogP contribution in [-0.2, 0) is 6.42 Å². The molecule has 0 aromatic carbocycles. The van der Waals surface area contributed by atoms with Gasteiger partial charge in [0.15, 0.2) is 0 Å². The summed E-state index contributed by atoms with van der Waals surface area (Å²) in [6.07, 6.45) is 4.75. The van der Waals surface area contributed by atoms with Gasteiger partial charge in [0, 0.05) is 11.5 Å². The van der Waals surface area contributed by atoms with Gasteiger partial charge in [-0.1, -0.05) is 18.5 Å². The number of nitrogen functional groups attached to an aromatic ring is 1. The van der Waals surface area contributed by atoms with Crippen LogP contribution in [0.3, 0.4) is 0 Å². The second-order valence-corrected chi connectivity index (χ2v) is 3.39. The smallest absolute Gasteiger partial charge is 0.225 e. The summed E-state index contributed by atoms with van der Waals surface area (Å²) in [5.74, 6) is 1.14. The lowest BCUT2D eigenvalue weighted by atomic mass is 9.81. The Kier molecular flexibility index (Phi) is 1.79. The van der Waals surface area contributed by atoms with Crippen LogP contribution in [0.15, 0.2) is 4.52 Å². The topological polar surface area (TPSA) is 52.0 Å². The molecule has 2 rings (SSSR count). The Morgan fingerprint density at radius 1 is 1.58 bits per heavy atom. The Morgan fingerprint density at radius 2 is 2.33 bits per heavy atom. The lowest BCUT2D eigenvalue weighted by Gasteiger charge is -2.23. The van der Waals surface area contributed by atoms with E-state index in [1.807, 2.05) is 0 Å². The number of hydrogen-bond donors (Lipinski definition) is 1. The molecule has 1 fully saturated rings. The predicted molar refractivity (Wildman–Crippen MR) is 46.9 cm³/mol. The number of hydrogen-bond acceptors (Lipinski definition) is 3. The molecular formula is C9H14N2O. The average Bonchev–Trinajstić information content (AvgIpc) is 2.29. The molecule has 1 aliphatic rings. The van der Waals surface area contributed by atoms with Crippen molar-refractivity contribution in [3.8, 4) is 0 Å². The molecular weight excluding hydrogens is 152 g/mol. The van der Waals surface area contributed by atoms with Crippen LogP contribution < -0.4 is 5.73 Å². The van der Waals surface area contributed by atoms with Gasteiger partial charge in [-0.15, -0.1) is 0 Å². The Morgan fingerprint density at radius 3 is 2.83 bits per heavy atom. The maximum atomic E-state index is 5.64. The minimum atomic E-state index is 0.513. The lowest BCUT2D eigenvalue weighted by molar-refractivity contribution is 0.368. The molecule has 1 heterocycles. The van der Waals surface area contributed by atoms with E-state index in [-0.39, 0.29) is 0 Å². The van der Waals surface area contributed by atoms with Crippen LogP contribution in [0.4, 0.5) is 5.88 Å². The zero-order valence-electron chi connectivity index (χ0n) is 7.34. The van der Waals surface area contributed by atoms with Crippen molar-refractivity contribution >= 4 is 5.88 Å². The summed E-state index contributed by atoms with van der Waals surface area (Å²) in [4.78, 5) is 0. The Hall–Kier alpha value is -0.990. The van der Waals surface area contributed by atoms with Gasteiger partial charge < -0.3 is 10.3 Å². The SMILES string of the molecule is CCc1c(C2CCC2)noc1N. The van der Waals surface area contributed by atoms with Gasteiger partial charge in [0.25, 0.3) is 0 Å². The zero-order chi connectivity index (χ0) is 8.55. The first kappa shape index (κ1) is 7.65.